The van der Waals surface area contributed by atoms with Crippen LogP contribution in [0.15, 0.2) is 0 Å². The molecular weight excluding hydrogens is 214 g/mol. The van der Waals surface area contributed by atoms with Crippen LogP contribution in [0.1, 0.15) is 59.8 Å². The quantitative estimate of drug-likeness (QED) is 0.445. The molecule has 1 unspecified atom stereocenters. The van der Waals surface area contributed by atoms with Crippen molar-refractivity contribution in [3.8, 4) is 0 Å². The monoisotopic (exact) mass is 245 g/mol. The second kappa shape index (κ2) is 10.5. The SMILES string of the molecule is CCCCCN(CC(CS)CCC)C(C)C. The summed E-state index contributed by atoms with van der Waals surface area (Å²) in [5.41, 5.74) is 0. The molecule has 0 radical (unpaired) electrons. The summed E-state index contributed by atoms with van der Waals surface area (Å²) in [5, 5.41) is 0. The van der Waals surface area contributed by atoms with Gasteiger partial charge in [0.15, 0.2) is 0 Å². The Bertz CT molecular complexity index is 148. The van der Waals surface area contributed by atoms with Crippen molar-refractivity contribution in [2.45, 2.75) is 65.8 Å². The zero-order valence-electron chi connectivity index (χ0n) is 11.7. The largest absolute Gasteiger partial charge is 0.301 e. The van der Waals surface area contributed by atoms with Crippen LogP contribution >= 0.6 is 12.6 Å². The van der Waals surface area contributed by atoms with Gasteiger partial charge in [-0.1, -0.05) is 33.1 Å². The minimum atomic E-state index is 0.677. The number of hydrogen-bond acceptors (Lipinski definition) is 2. The third-order valence-electron chi connectivity index (χ3n) is 3.23. The maximum atomic E-state index is 4.48. The minimum absolute atomic E-state index is 0.677. The van der Waals surface area contributed by atoms with Gasteiger partial charge < -0.3 is 4.90 Å². The normalized spacial score (nSPS) is 13.7. The molecule has 0 fully saturated rings. The van der Waals surface area contributed by atoms with Crippen LogP contribution in [0.4, 0.5) is 0 Å². The molecule has 0 spiro atoms. The molecule has 0 rings (SSSR count). The second-order valence-electron chi connectivity index (χ2n) is 5.13. The van der Waals surface area contributed by atoms with Crippen LogP contribution in [0.2, 0.25) is 0 Å². The van der Waals surface area contributed by atoms with Gasteiger partial charge in [0.1, 0.15) is 0 Å². The molecule has 1 nitrogen and oxygen atoms in total. The molecule has 0 heterocycles. The summed E-state index contributed by atoms with van der Waals surface area (Å²) in [4.78, 5) is 2.63. The molecule has 0 saturated heterocycles. The van der Waals surface area contributed by atoms with Crippen molar-refractivity contribution in [1.82, 2.24) is 4.90 Å². The van der Waals surface area contributed by atoms with Gasteiger partial charge in [-0.2, -0.15) is 12.6 Å². The first-order chi connectivity index (χ1) is 7.65. The number of unbranched alkanes of at least 4 members (excludes halogenated alkanes) is 2. The lowest BCUT2D eigenvalue weighted by Crippen LogP contribution is -2.36. The van der Waals surface area contributed by atoms with Gasteiger partial charge in [0.2, 0.25) is 0 Å². The molecule has 0 aromatic heterocycles. The smallest absolute Gasteiger partial charge is 0.00387 e. The van der Waals surface area contributed by atoms with E-state index in [4.69, 9.17) is 0 Å². The Kier molecular flexibility index (Phi) is 10.7. The van der Waals surface area contributed by atoms with Gasteiger partial charge in [0, 0.05) is 12.6 Å². The van der Waals surface area contributed by atoms with Crippen molar-refractivity contribution in [3.63, 3.8) is 0 Å². The van der Waals surface area contributed by atoms with Crippen molar-refractivity contribution in [2.75, 3.05) is 18.8 Å². The molecule has 0 N–H and O–H groups in total. The molecule has 98 valence electrons. The lowest BCUT2D eigenvalue weighted by atomic mass is 10.0. The molecule has 0 aromatic carbocycles. The van der Waals surface area contributed by atoms with Crippen molar-refractivity contribution >= 4 is 12.6 Å². The Morgan fingerprint density at radius 2 is 1.75 bits per heavy atom. The molecule has 0 aliphatic heterocycles. The highest BCUT2D eigenvalue weighted by atomic mass is 32.1. The third kappa shape index (κ3) is 7.56. The highest BCUT2D eigenvalue weighted by Gasteiger charge is 2.14. The van der Waals surface area contributed by atoms with Crippen LogP contribution in [0.25, 0.3) is 0 Å². The van der Waals surface area contributed by atoms with Gasteiger partial charge in [0.05, 0.1) is 0 Å². The van der Waals surface area contributed by atoms with E-state index in [0.717, 1.165) is 11.7 Å². The van der Waals surface area contributed by atoms with Gasteiger partial charge in [-0.25, -0.2) is 0 Å². The predicted molar refractivity (Wildman–Crippen MR) is 78.5 cm³/mol. The molecule has 0 amide bonds. The highest BCUT2D eigenvalue weighted by molar-refractivity contribution is 7.80. The van der Waals surface area contributed by atoms with E-state index < -0.39 is 0 Å². The van der Waals surface area contributed by atoms with Crippen molar-refractivity contribution in [1.29, 1.82) is 0 Å². The number of thiol groups is 1. The molecular formula is C14H31NS. The van der Waals surface area contributed by atoms with Gasteiger partial charge in [0.25, 0.3) is 0 Å². The van der Waals surface area contributed by atoms with E-state index in [1.54, 1.807) is 0 Å². The van der Waals surface area contributed by atoms with E-state index in [9.17, 15) is 0 Å². The Morgan fingerprint density at radius 1 is 1.06 bits per heavy atom. The molecule has 2 heteroatoms. The lowest BCUT2D eigenvalue weighted by molar-refractivity contribution is 0.186. The van der Waals surface area contributed by atoms with Crippen LogP contribution < -0.4 is 0 Å². The maximum absolute atomic E-state index is 4.48. The van der Waals surface area contributed by atoms with E-state index in [2.05, 4.69) is 45.2 Å². The Hall–Kier alpha value is 0.310. The van der Waals surface area contributed by atoms with E-state index >= 15 is 0 Å². The molecule has 0 bridgehead atoms. The first-order valence-electron chi connectivity index (χ1n) is 7.00. The van der Waals surface area contributed by atoms with Gasteiger partial charge in [-0.15, -0.1) is 0 Å². The van der Waals surface area contributed by atoms with Crippen LogP contribution in [-0.2, 0) is 0 Å². The number of rotatable bonds is 10. The summed E-state index contributed by atoms with van der Waals surface area (Å²) in [5.74, 6) is 1.81. The standard InChI is InChI=1S/C14H31NS/c1-5-7-8-10-15(13(3)4)11-14(12-16)9-6-2/h13-14,16H,5-12H2,1-4H3. The summed E-state index contributed by atoms with van der Waals surface area (Å²) < 4.78 is 0. The van der Waals surface area contributed by atoms with E-state index in [0.29, 0.717) is 6.04 Å². The van der Waals surface area contributed by atoms with Gasteiger partial charge >= 0.3 is 0 Å². The molecule has 0 aliphatic carbocycles. The van der Waals surface area contributed by atoms with Gasteiger partial charge in [-0.05, 0) is 44.9 Å². The van der Waals surface area contributed by atoms with Crippen LogP contribution in [0.5, 0.6) is 0 Å². The predicted octanol–water partition coefficient (Wildman–Crippen LogP) is 4.23. The molecule has 0 aliphatic rings. The fourth-order valence-corrected chi connectivity index (χ4v) is 2.40. The second-order valence-corrected chi connectivity index (χ2v) is 5.50. The number of nitrogens with zero attached hydrogens (tertiary/aromatic N) is 1. The molecule has 16 heavy (non-hydrogen) atoms. The molecule has 0 aromatic rings. The Labute approximate surface area is 108 Å². The Balaban J connectivity index is 3.98. The summed E-state index contributed by atoms with van der Waals surface area (Å²) in [7, 11) is 0. The van der Waals surface area contributed by atoms with E-state index in [1.165, 1.54) is 45.2 Å². The lowest BCUT2D eigenvalue weighted by Gasteiger charge is -2.30. The van der Waals surface area contributed by atoms with Crippen molar-refractivity contribution in [3.05, 3.63) is 0 Å². The fraction of sp³-hybridized carbons (Fsp3) is 1.00. The first kappa shape index (κ1) is 16.3. The summed E-state index contributed by atoms with van der Waals surface area (Å²) >= 11 is 4.48. The zero-order chi connectivity index (χ0) is 12.4. The summed E-state index contributed by atoms with van der Waals surface area (Å²) in [6.45, 7) is 11.7. The van der Waals surface area contributed by atoms with Crippen molar-refractivity contribution < 1.29 is 0 Å². The van der Waals surface area contributed by atoms with Crippen LogP contribution in [-0.4, -0.2) is 29.8 Å². The number of hydrogen-bond donors (Lipinski definition) is 1. The molecule has 0 saturated carbocycles. The van der Waals surface area contributed by atoms with E-state index in [-0.39, 0.29) is 0 Å². The fourth-order valence-electron chi connectivity index (χ4n) is 2.11. The van der Waals surface area contributed by atoms with Crippen LogP contribution in [0, 0.1) is 5.92 Å². The third-order valence-corrected chi connectivity index (χ3v) is 3.74. The average molecular weight is 245 g/mol. The first-order valence-corrected chi connectivity index (χ1v) is 7.63. The topological polar surface area (TPSA) is 3.24 Å². The van der Waals surface area contributed by atoms with Crippen molar-refractivity contribution in [2.24, 2.45) is 5.92 Å². The van der Waals surface area contributed by atoms with E-state index in [1.807, 2.05) is 0 Å². The average Bonchev–Trinajstić information content (AvgIpc) is 2.26. The highest BCUT2D eigenvalue weighted by Crippen LogP contribution is 2.13. The molecule has 1 atom stereocenters. The van der Waals surface area contributed by atoms with Gasteiger partial charge in [-0.3, -0.25) is 0 Å². The minimum Gasteiger partial charge on any atom is -0.301 e. The zero-order valence-corrected chi connectivity index (χ0v) is 12.6. The Morgan fingerprint density at radius 3 is 2.19 bits per heavy atom. The van der Waals surface area contributed by atoms with Crippen LogP contribution in [0.3, 0.4) is 0 Å². The maximum Gasteiger partial charge on any atom is 0.00387 e. The summed E-state index contributed by atoms with van der Waals surface area (Å²) in [6.07, 6.45) is 6.63. The summed E-state index contributed by atoms with van der Waals surface area (Å²) in [6, 6.07) is 0.677.